The molecule has 0 atom stereocenters. The SMILES string of the molecule is O=C(CSc1n[nH]c(=O)n1CCc1ccccc1)Nc1ccccc1-c1ccccc1. The van der Waals surface area contributed by atoms with Gasteiger partial charge in [-0.15, -0.1) is 5.10 Å². The summed E-state index contributed by atoms with van der Waals surface area (Å²) in [5, 5.41) is 10.0. The van der Waals surface area contributed by atoms with E-state index in [2.05, 4.69) is 15.5 Å². The molecule has 0 saturated heterocycles. The van der Waals surface area contributed by atoms with E-state index < -0.39 is 0 Å². The molecule has 0 spiro atoms. The second-order valence-corrected chi connectivity index (χ2v) is 7.89. The zero-order valence-electron chi connectivity index (χ0n) is 16.8. The summed E-state index contributed by atoms with van der Waals surface area (Å²) >= 11 is 1.24. The van der Waals surface area contributed by atoms with Gasteiger partial charge in [0.2, 0.25) is 5.91 Å². The molecule has 0 aliphatic carbocycles. The largest absolute Gasteiger partial charge is 0.343 e. The summed E-state index contributed by atoms with van der Waals surface area (Å²) in [6, 6.07) is 27.6. The van der Waals surface area contributed by atoms with Crippen LogP contribution in [-0.4, -0.2) is 26.4 Å². The molecule has 6 nitrogen and oxygen atoms in total. The summed E-state index contributed by atoms with van der Waals surface area (Å²) in [7, 11) is 0. The first kappa shape index (κ1) is 20.7. The lowest BCUT2D eigenvalue weighted by Gasteiger charge is -2.11. The van der Waals surface area contributed by atoms with Crippen molar-refractivity contribution in [2.45, 2.75) is 18.1 Å². The van der Waals surface area contributed by atoms with Crippen molar-refractivity contribution in [2.24, 2.45) is 0 Å². The summed E-state index contributed by atoms with van der Waals surface area (Å²) in [5.41, 5.74) is 3.62. The van der Waals surface area contributed by atoms with Crippen molar-refractivity contribution in [3.05, 3.63) is 101 Å². The molecule has 3 aromatic carbocycles. The van der Waals surface area contributed by atoms with Gasteiger partial charge >= 0.3 is 5.69 Å². The van der Waals surface area contributed by atoms with E-state index >= 15 is 0 Å². The van der Waals surface area contributed by atoms with Crippen molar-refractivity contribution in [1.29, 1.82) is 0 Å². The zero-order valence-corrected chi connectivity index (χ0v) is 17.6. The number of benzene rings is 3. The third kappa shape index (κ3) is 5.32. The Morgan fingerprint density at radius 1 is 0.935 bits per heavy atom. The highest BCUT2D eigenvalue weighted by atomic mass is 32.2. The molecule has 0 saturated carbocycles. The fraction of sp³-hybridized carbons (Fsp3) is 0.125. The minimum Gasteiger partial charge on any atom is -0.325 e. The Morgan fingerprint density at radius 2 is 1.61 bits per heavy atom. The first-order valence-corrected chi connectivity index (χ1v) is 11.0. The average molecular weight is 431 g/mol. The van der Waals surface area contributed by atoms with Gasteiger partial charge in [0, 0.05) is 17.8 Å². The highest BCUT2D eigenvalue weighted by Crippen LogP contribution is 2.27. The lowest BCUT2D eigenvalue weighted by Crippen LogP contribution is -2.20. The number of thioether (sulfide) groups is 1. The summed E-state index contributed by atoms with van der Waals surface area (Å²) in [6.07, 6.45) is 0.713. The molecule has 1 heterocycles. The summed E-state index contributed by atoms with van der Waals surface area (Å²) < 4.78 is 1.57. The molecule has 2 N–H and O–H groups in total. The van der Waals surface area contributed by atoms with Gasteiger partial charge in [-0.2, -0.15) is 0 Å². The van der Waals surface area contributed by atoms with Crippen molar-refractivity contribution in [3.8, 4) is 11.1 Å². The van der Waals surface area contributed by atoms with Gasteiger partial charge in [0.25, 0.3) is 0 Å². The van der Waals surface area contributed by atoms with Gasteiger partial charge in [0.05, 0.1) is 5.75 Å². The number of rotatable bonds is 8. The highest BCUT2D eigenvalue weighted by Gasteiger charge is 2.13. The van der Waals surface area contributed by atoms with Gasteiger partial charge in [-0.25, -0.2) is 9.89 Å². The number of para-hydroxylation sites is 1. The summed E-state index contributed by atoms with van der Waals surface area (Å²) in [5.74, 6) is -0.00268. The van der Waals surface area contributed by atoms with E-state index in [0.717, 1.165) is 22.4 Å². The van der Waals surface area contributed by atoms with E-state index in [1.807, 2.05) is 84.9 Å². The minimum absolute atomic E-state index is 0.152. The van der Waals surface area contributed by atoms with Crippen molar-refractivity contribution in [3.63, 3.8) is 0 Å². The topological polar surface area (TPSA) is 79.8 Å². The standard InChI is InChI=1S/C24H22N4O2S/c29-22(25-21-14-8-7-13-20(21)19-11-5-2-6-12-19)17-31-24-27-26-23(30)28(24)16-15-18-9-3-1-4-10-18/h1-14H,15-17H2,(H,25,29)(H,26,30). The maximum Gasteiger partial charge on any atom is 0.343 e. The fourth-order valence-corrected chi connectivity index (χ4v) is 4.05. The highest BCUT2D eigenvalue weighted by molar-refractivity contribution is 7.99. The first-order chi connectivity index (χ1) is 15.2. The molecule has 0 aliphatic rings. The number of carbonyl (C=O) groups is 1. The number of carbonyl (C=O) groups excluding carboxylic acids is 1. The van der Waals surface area contributed by atoms with Crippen LogP contribution in [0.1, 0.15) is 5.56 Å². The monoisotopic (exact) mass is 430 g/mol. The summed E-state index contributed by atoms with van der Waals surface area (Å²) in [6.45, 7) is 0.500. The molecule has 7 heteroatoms. The molecule has 0 bridgehead atoms. The van der Waals surface area contributed by atoms with Crippen LogP contribution in [0.25, 0.3) is 11.1 Å². The van der Waals surface area contributed by atoms with Crippen LogP contribution in [0.15, 0.2) is 94.9 Å². The lowest BCUT2D eigenvalue weighted by molar-refractivity contribution is -0.113. The van der Waals surface area contributed by atoms with Gasteiger partial charge < -0.3 is 5.32 Å². The van der Waals surface area contributed by atoms with Crippen LogP contribution < -0.4 is 11.0 Å². The van der Waals surface area contributed by atoms with Crippen molar-refractivity contribution >= 4 is 23.4 Å². The molecule has 0 fully saturated rings. The van der Waals surface area contributed by atoms with Crippen LogP contribution in [-0.2, 0) is 17.8 Å². The van der Waals surface area contributed by atoms with Crippen molar-refractivity contribution in [1.82, 2.24) is 14.8 Å². The van der Waals surface area contributed by atoms with Gasteiger partial charge in [0.1, 0.15) is 0 Å². The number of nitrogens with one attached hydrogen (secondary N) is 2. The third-order valence-corrected chi connectivity index (χ3v) is 5.78. The maximum absolute atomic E-state index is 12.6. The van der Waals surface area contributed by atoms with Crippen LogP contribution in [0.5, 0.6) is 0 Å². The van der Waals surface area contributed by atoms with Gasteiger partial charge in [-0.05, 0) is 23.6 Å². The Morgan fingerprint density at radius 3 is 2.39 bits per heavy atom. The van der Waals surface area contributed by atoms with Crippen molar-refractivity contribution < 1.29 is 4.79 Å². The van der Waals surface area contributed by atoms with Crippen LogP contribution in [0.3, 0.4) is 0 Å². The number of aromatic nitrogens is 3. The van der Waals surface area contributed by atoms with Gasteiger partial charge in [-0.1, -0.05) is 90.6 Å². The number of H-pyrrole nitrogens is 1. The van der Waals surface area contributed by atoms with Gasteiger partial charge in [-0.3, -0.25) is 9.36 Å². The predicted molar refractivity (Wildman–Crippen MR) is 124 cm³/mol. The maximum atomic E-state index is 12.6. The molecule has 1 amide bonds. The van der Waals surface area contributed by atoms with E-state index in [9.17, 15) is 9.59 Å². The van der Waals surface area contributed by atoms with Crippen LogP contribution in [0.4, 0.5) is 5.69 Å². The molecule has 31 heavy (non-hydrogen) atoms. The molecule has 4 aromatic rings. The minimum atomic E-state index is -0.270. The summed E-state index contributed by atoms with van der Waals surface area (Å²) in [4.78, 5) is 24.7. The smallest absolute Gasteiger partial charge is 0.325 e. The van der Waals surface area contributed by atoms with E-state index in [0.29, 0.717) is 18.1 Å². The predicted octanol–water partition coefficient (Wildman–Crippen LogP) is 4.21. The quantitative estimate of drug-likeness (QED) is 0.411. The van der Waals surface area contributed by atoms with Crippen molar-refractivity contribution in [2.75, 3.05) is 11.1 Å². The molecule has 0 unspecified atom stereocenters. The fourth-order valence-electron chi connectivity index (χ4n) is 3.27. The third-order valence-electron chi connectivity index (χ3n) is 4.81. The molecule has 0 radical (unpaired) electrons. The number of hydrogen-bond acceptors (Lipinski definition) is 4. The Labute approximate surface area is 184 Å². The molecule has 4 rings (SSSR count). The molecule has 156 valence electrons. The Kier molecular flexibility index (Phi) is 6.64. The average Bonchev–Trinajstić information content (AvgIpc) is 3.17. The lowest BCUT2D eigenvalue weighted by atomic mass is 10.0. The number of nitrogens with zero attached hydrogens (tertiary/aromatic N) is 2. The second kappa shape index (κ2) is 9.95. The number of aromatic amines is 1. The number of aryl methyl sites for hydroxylation is 1. The zero-order chi connectivity index (χ0) is 21.5. The van der Waals surface area contributed by atoms with Crippen LogP contribution in [0.2, 0.25) is 0 Å². The normalized spacial score (nSPS) is 10.7. The van der Waals surface area contributed by atoms with E-state index in [1.54, 1.807) is 4.57 Å². The van der Waals surface area contributed by atoms with E-state index in [1.165, 1.54) is 11.8 Å². The second-order valence-electron chi connectivity index (χ2n) is 6.95. The molecule has 0 aliphatic heterocycles. The first-order valence-electron chi connectivity index (χ1n) is 9.97. The molecule has 1 aromatic heterocycles. The Hall–Kier alpha value is -3.58. The van der Waals surface area contributed by atoms with E-state index in [-0.39, 0.29) is 17.3 Å². The molecular weight excluding hydrogens is 408 g/mol. The Balaban J connectivity index is 1.40. The molecular formula is C24H22N4O2S. The van der Waals surface area contributed by atoms with Gasteiger partial charge in [0.15, 0.2) is 5.16 Å². The van der Waals surface area contributed by atoms with Crippen LogP contribution in [0, 0.1) is 0 Å². The number of anilines is 1. The Bertz CT molecular complexity index is 1200. The number of amides is 1. The number of hydrogen-bond donors (Lipinski definition) is 2. The van der Waals surface area contributed by atoms with E-state index in [4.69, 9.17) is 0 Å². The van der Waals surface area contributed by atoms with Crippen LogP contribution >= 0.6 is 11.8 Å².